The first kappa shape index (κ1) is 13.1. The van der Waals surface area contributed by atoms with Crippen molar-refractivity contribution in [2.24, 2.45) is 0 Å². The number of hydrogen-bond donors (Lipinski definition) is 2. The second kappa shape index (κ2) is 4.88. The molecule has 0 amide bonds. The number of fused-ring (bicyclic) bond motifs is 1. The average molecular weight is 353 g/mol. The smallest absolute Gasteiger partial charge is 0.264 e. The lowest BCUT2D eigenvalue weighted by atomic mass is 10.2. The Bertz CT molecular complexity index is 876. The van der Waals surface area contributed by atoms with Crippen molar-refractivity contribution in [1.82, 2.24) is 15.2 Å². The fourth-order valence-corrected chi connectivity index (χ4v) is 3.29. The van der Waals surface area contributed by atoms with Gasteiger partial charge in [-0.3, -0.25) is 14.8 Å². The standard InChI is InChI=1S/C12H9BrN4O2S/c13-8-5-9(7-14-6-8)20(18,19)17-12-10-3-1-2-4-11(10)15-16-12/h1-7H,(H2,15,16,17). The maximum atomic E-state index is 12.3. The summed E-state index contributed by atoms with van der Waals surface area (Å²) in [6, 6.07) is 8.74. The molecular formula is C12H9BrN4O2S. The topological polar surface area (TPSA) is 87.7 Å². The SMILES string of the molecule is O=S(=O)(Nc1n[nH]c2ccccc12)c1cncc(Br)c1. The number of benzene rings is 1. The maximum Gasteiger partial charge on any atom is 0.264 e. The number of aromatic nitrogens is 3. The number of anilines is 1. The number of pyridine rings is 1. The summed E-state index contributed by atoms with van der Waals surface area (Å²) in [6.07, 6.45) is 2.80. The zero-order valence-corrected chi connectivity index (χ0v) is 12.4. The summed E-state index contributed by atoms with van der Waals surface area (Å²) < 4.78 is 27.6. The van der Waals surface area contributed by atoms with Gasteiger partial charge < -0.3 is 0 Å². The fourth-order valence-electron chi connectivity index (χ4n) is 1.77. The van der Waals surface area contributed by atoms with Crippen molar-refractivity contribution in [3.05, 3.63) is 47.2 Å². The molecule has 0 bridgehead atoms. The zero-order chi connectivity index (χ0) is 14.2. The first-order valence-electron chi connectivity index (χ1n) is 5.63. The molecular weight excluding hydrogens is 344 g/mol. The highest BCUT2D eigenvalue weighted by Crippen LogP contribution is 2.23. The van der Waals surface area contributed by atoms with Crippen LogP contribution in [0, 0.1) is 0 Å². The van der Waals surface area contributed by atoms with Gasteiger partial charge in [-0.05, 0) is 34.1 Å². The van der Waals surface area contributed by atoms with Crippen LogP contribution in [0.4, 0.5) is 5.82 Å². The second-order valence-electron chi connectivity index (χ2n) is 4.06. The van der Waals surface area contributed by atoms with Crippen LogP contribution in [0.5, 0.6) is 0 Å². The van der Waals surface area contributed by atoms with Crippen LogP contribution >= 0.6 is 15.9 Å². The third-order valence-electron chi connectivity index (χ3n) is 2.69. The molecule has 2 heterocycles. The van der Waals surface area contributed by atoms with Gasteiger partial charge in [-0.25, -0.2) is 8.42 Å². The first-order valence-corrected chi connectivity index (χ1v) is 7.90. The normalized spacial score (nSPS) is 11.7. The van der Waals surface area contributed by atoms with Gasteiger partial charge in [0.15, 0.2) is 5.82 Å². The number of sulfonamides is 1. The summed E-state index contributed by atoms with van der Waals surface area (Å²) in [7, 11) is -3.72. The Labute approximate surface area is 123 Å². The average Bonchev–Trinajstić information content (AvgIpc) is 2.82. The van der Waals surface area contributed by atoms with E-state index in [2.05, 4.69) is 35.8 Å². The van der Waals surface area contributed by atoms with E-state index in [0.717, 1.165) is 5.52 Å². The molecule has 0 saturated carbocycles. The van der Waals surface area contributed by atoms with E-state index >= 15 is 0 Å². The number of nitrogens with one attached hydrogen (secondary N) is 2. The van der Waals surface area contributed by atoms with Crippen LogP contribution in [0.3, 0.4) is 0 Å². The van der Waals surface area contributed by atoms with Crippen molar-refractivity contribution in [3.8, 4) is 0 Å². The van der Waals surface area contributed by atoms with E-state index in [9.17, 15) is 8.42 Å². The molecule has 0 fully saturated rings. The van der Waals surface area contributed by atoms with Gasteiger partial charge in [0.2, 0.25) is 0 Å². The highest BCUT2D eigenvalue weighted by Gasteiger charge is 2.17. The van der Waals surface area contributed by atoms with Gasteiger partial charge >= 0.3 is 0 Å². The number of aromatic amines is 1. The largest absolute Gasteiger partial charge is 0.276 e. The van der Waals surface area contributed by atoms with Crippen molar-refractivity contribution in [1.29, 1.82) is 0 Å². The summed E-state index contributed by atoms with van der Waals surface area (Å²) in [5.41, 5.74) is 0.762. The van der Waals surface area contributed by atoms with Crippen LogP contribution in [0.1, 0.15) is 0 Å². The Kier molecular flexibility index (Phi) is 3.19. The minimum absolute atomic E-state index is 0.0685. The van der Waals surface area contributed by atoms with Gasteiger partial charge in [0, 0.05) is 22.3 Å². The Hall–Kier alpha value is -1.93. The van der Waals surface area contributed by atoms with Crippen LogP contribution in [-0.2, 0) is 10.0 Å². The van der Waals surface area contributed by atoms with E-state index < -0.39 is 10.0 Å². The van der Waals surface area contributed by atoms with Crippen LogP contribution < -0.4 is 4.72 Å². The van der Waals surface area contributed by atoms with Gasteiger partial charge in [0.1, 0.15) is 4.90 Å². The lowest BCUT2D eigenvalue weighted by Crippen LogP contribution is -2.13. The van der Waals surface area contributed by atoms with Crippen molar-refractivity contribution in [3.63, 3.8) is 0 Å². The number of para-hydroxylation sites is 1. The van der Waals surface area contributed by atoms with Crippen molar-refractivity contribution >= 4 is 42.7 Å². The van der Waals surface area contributed by atoms with Crippen molar-refractivity contribution in [2.45, 2.75) is 4.90 Å². The van der Waals surface area contributed by atoms with Crippen LogP contribution in [0.25, 0.3) is 10.9 Å². The van der Waals surface area contributed by atoms with Gasteiger partial charge in [0.05, 0.1) is 5.52 Å². The molecule has 3 aromatic rings. The lowest BCUT2D eigenvalue weighted by molar-refractivity contribution is 0.600. The number of halogens is 1. The summed E-state index contributed by atoms with van der Waals surface area (Å²) >= 11 is 3.20. The van der Waals surface area contributed by atoms with Crippen LogP contribution in [-0.4, -0.2) is 23.6 Å². The Morgan fingerprint density at radius 2 is 2.00 bits per heavy atom. The highest BCUT2D eigenvalue weighted by atomic mass is 79.9. The molecule has 0 saturated heterocycles. The number of H-pyrrole nitrogens is 1. The molecule has 8 heteroatoms. The third-order valence-corrected chi connectivity index (χ3v) is 4.43. The van der Waals surface area contributed by atoms with E-state index in [4.69, 9.17) is 0 Å². The molecule has 102 valence electrons. The second-order valence-corrected chi connectivity index (χ2v) is 6.66. The minimum Gasteiger partial charge on any atom is -0.276 e. The van der Waals surface area contributed by atoms with E-state index in [1.807, 2.05) is 18.2 Å². The lowest BCUT2D eigenvalue weighted by Gasteiger charge is -2.05. The molecule has 1 aromatic carbocycles. The number of nitrogens with zero attached hydrogens (tertiary/aromatic N) is 2. The predicted molar refractivity (Wildman–Crippen MR) is 78.8 cm³/mol. The molecule has 6 nitrogen and oxygen atoms in total. The predicted octanol–water partition coefficient (Wildman–Crippen LogP) is 2.52. The molecule has 20 heavy (non-hydrogen) atoms. The molecule has 0 unspecified atom stereocenters. The Balaban J connectivity index is 2.02. The molecule has 0 aliphatic carbocycles. The molecule has 2 aromatic heterocycles. The molecule has 0 spiro atoms. The molecule has 0 atom stereocenters. The quantitative estimate of drug-likeness (QED) is 0.757. The minimum atomic E-state index is -3.72. The summed E-state index contributed by atoms with van der Waals surface area (Å²) in [6.45, 7) is 0. The summed E-state index contributed by atoms with van der Waals surface area (Å²) in [5.74, 6) is 0.264. The van der Waals surface area contributed by atoms with Crippen molar-refractivity contribution in [2.75, 3.05) is 4.72 Å². The van der Waals surface area contributed by atoms with Crippen LogP contribution in [0.2, 0.25) is 0 Å². The molecule has 3 rings (SSSR count). The summed E-state index contributed by atoms with van der Waals surface area (Å²) in [4.78, 5) is 3.92. The Morgan fingerprint density at radius 1 is 1.20 bits per heavy atom. The molecule has 0 radical (unpaired) electrons. The van der Waals surface area contributed by atoms with Gasteiger partial charge in [-0.1, -0.05) is 12.1 Å². The van der Waals surface area contributed by atoms with Gasteiger partial charge in [-0.15, -0.1) is 0 Å². The molecule has 0 aliphatic heterocycles. The fraction of sp³-hybridized carbons (Fsp3) is 0. The molecule has 0 aliphatic rings. The zero-order valence-electron chi connectivity index (χ0n) is 10.0. The number of hydrogen-bond acceptors (Lipinski definition) is 4. The summed E-state index contributed by atoms with van der Waals surface area (Å²) in [5, 5.41) is 7.46. The Morgan fingerprint density at radius 3 is 2.80 bits per heavy atom. The van der Waals surface area contributed by atoms with E-state index in [1.54, 1.807) is 6.07 Å². The van der Waals surface area contributed by atoms with E-state index in [0.29, 0.717) is 9.86 Å². The monoisotopic (exact) mass is 352 g/mol. The first-order chi connectivity index (χ1) is 9.56. The maximum absolute atomic E-state index is 12.3. The molecule has 2 N–H and O–H groups in total. The van der Waals surface area contributed by atoms with Crippen LogP contribution in [0.15, 0.2) is 52.1 Å². The highest BCUT2D eigenvalue weighted by molar-refractivity contribution is 9.10. The van der Waals surface area contributed by atoms with Gasteiger partial charge in [-0.2, -0.15) is 5.10 Å². The van der Waals surface area contributed by atoms with Gasteiger partial charge in [0.25, 0.3) is 10.0 Å². The third kappa shape index (κ3) is 2.39. The van der Waals surface area contributed by atoms with E-state index in [-0.39, 0.29) is 10.7 Å². The van der Waals surface area contributed by atoms with Crippen molar-refractivity contribution < 1.29 is 8.42 Å². The number of rotatable bonds is 3. The van der Waals surface area contributed by atoms with E-state index in [1.165, 1.54) is 18.5 Å².